The number of nitrogens with one attached hydrogen (secondary N) is 1. The third-order valence-corrected chi connectivity index (χ3v) is 3.07. The van der Waals surface area contributed by atoms with Gasteiger partial charge in [-0.3, -0.25) is 4.79 Å². The molecule has 19 heavy (non-hydrogen) atoms. The number of carbonyl (C=O) groups excluding carboxylic acids is 1. The number of alkyl halides is 3. The zero-order chi connectivity index (χ0) is 14.3. The van der Waals surface area contributed by atoms with E-state index >= 15 is 0 Å². The van der Waals surface area contributed by atoms with Crippen molar-refractivity contribution in [2.24, 2.45) is 0 Å². The highest BCUT2D eigenvalue weighted by Crippen LogP contribution is 2.35. The van der Waals surface area contributed by atoms with Gasteiger partial charge in [0.05, 0.1) is 17.7 Å². The number of rotatable bonds is 3. The van der Waals surface area contributed by atoms with Crippen molar-refractivity contribution < 1.29 is 27.5 Å². The van der Waals surface area contributed by atoms with Crippen LogP contribution >= 0.6 is 0 Å². The van der Waals surface area contributed by atoms with Crippen LogP contribution in [0, 0.1) is 5.82 Å². The maximum Gasteiger partial charge on any atom is 0.419 e. The molecule has 0 aliphatic heterocycles. The average molecular weight is 277 g/mol. The number of halogens is 4. The highest BCUT2D eigenvalue weighted by molar-refractivity contribution is 5.95. The van der Waals surface area contributed by atoms with Gasteiger partial charge >= 0.3 is 6.18 Å². The van der Waals surface area contributed by atoms with Crippen LogP contribution in [0.15, 0.2) is 18.2 Å². The Hall–Kier alpha value is -1.63. The standard InChI is InChI=1S/C12H11F4NO2/c13-9-2-1-7(5-8(9)12(14,15)16)10(19)17-11(6-18)3-4-11/h1-2,5,18H,3-4,6H2,(H,17,19). The van der Waals surface area contributed by atoms with Crippen LogP contribution in [0.2, 0.25) is 0 Å². The molecule has 104 valence electrons. The SMILES string of the molecule is O=C(NC1(CO)CC1)c1ccc(F)c(C(F)(F)F)c1. The second kappa shape index (κ2) is 4.48. The normalized spacial score (nSPS) is 17.1. The van der Waals surface area contributed by atoms with Gasteiger partial charge in [0.15, 0.2) is 0 Å². The van der Waals surface area contributed by atoms with Crippen molar-refractivity contribution in [1.82, 2.24) is 5.32 Å². The van der Waals surface area contributed by atoms with Gasteiger partial charge < -0.3 is 10.4 Å². The molecule has 2 N–H and O–H groups in total. The number of hydrogen-bond acceptors (Lipinski definition) is 2. The molecule has 0 bridgehead atoms. The zero-order valence-electron chi connectivity index (χ0n) is 9.72. The van der Waals surface area contributed by atoms with E-state index in [1.165, 1.54) is 0 Å². The van der Waals surface area contributed by atoms with Crippen molar-refractivity contribution >= 4 is 5.91 Å². The van der Waals surface area contributed by atoms with Gasteiger partial charge in [0.2, 0.25) is 0 Å². The van der Waals surface area contributed by atoms with E-state index in [9.17, 15) is 22.4 Å². The van der Waals surface area contributed by atoms with Crippen LogP contribution in [-0.2, 0) is 6.18 Å². The van der Waals surface area contributed by atoms with E-state index in [4.69, 9.17) is 5.11 Å². The first-order valence-corrected chi connectivity index (χ1v) is 5.57. The molecule has 2 rings (SSSR count). The van der Waals surface area contributed by atoms with Gasteiger partial charge in [0.25, 0.3) is 5.91 Å². The van der Waals surface area contributed by atoms with Crippen LogP contribution in [0.3, 0.4) is 0 Å². The molecule has 1 fully saturated rings. The summed E-state index contributed by atoms with van der Waals surface area (Å²) in [5, 5.41) is 11.5. The molecule has 0 saturated heterocycles. The summed E-state index contributed by atoms with van der Waals surface area (Å²) in [6.45, 7) is -0.272. The lowest BCUT2D eigenvalue weighted by molar-refractivity contribution is -0.140. The third kappa shape index (κ3) is 2.86. The fraction of sp³-hybridized carbons (Fsp3) is 0.417. The van der Waals surface area contributed by atoms with Crippen LogP contribution in [-0.4, -0.2) is 23.2 Å². The maximum absolute atomic E-state index is 13.1. The van der Waals surface area contributed by atoms with Crippen LogP contribution < -0.4 is 5.32 Å². The van der Waals surface area contributed by atoms with Crippen molar-refractivity contribution in [3.63, 3.8) is 0 Å². The molecule has 0 radical (unpaired) electrons. The van der Waals surface area contributed by atoms with Crippen molar-refractivity contribution in [3.05, 3.63) is 35.1 Å². The molecule has 1 aromatic rings. The Bertz CT molecular complexity index is 509. The van der Waals surface area contributed by atoms with E-state index < -0.39 is 29.0 Å². The first-order chi connectivity index (χ1) is 8.77. The highest BCUT2D eigenvalue weighted by atomic mass is 19.4. The van der Waals surface area contributed by atoms with E-state index in [1.54, 1.807) is 0 Å². The summed E-state index contributed by atoms with van der Waals surface area (Å²) in [6.07, 6.45) is -3.71. The maximum atomic E-state index is 13.1. The Morgan fingerprint density at radius 1 is 1.37 bits per heavy atom. The van der Waals surface area contributed by atoms with E-state index in [-0.39, 0.29) is 12.2 Å². The molecular formula is C12H11F4NO2. The Labute approximate surface area is 106 Å². The smallest absolute Gasteiger partial charge is 0.394 e. The van der Waals surface area contributed by atoms with Gasteiger partial charge in [0.1, 0.15) is 5.82 Å². The molecule has 1 aliphatic rings. The minimum absolute atomic E-state index is 0.272. The summed E-state index contributed by atoms with van der Waals surface area (Å²) in [5.74, 6) is -2.18. The van der Waals surface area contributed by atoms with E-state index in [0.717, 1.165) is 6.07 Å². The summed E-state index contributed by atoms with van der Waals surface area (Å²) < 4.78 is 50.5. The van der Waals surface area contributed by atoms with Crippen LogP contribution in [0.1, 0.15) is 28.8 Å². The van der Waals surface area contributed by atoms with E-state index in [0.29, 0.717) is 25.0 Å². The van der Waals surface area contributed by atoms with Gasteiger partial charge in [-0.05, 0) is 31.0 Å². The highest BCUT2D eigenvalue weighted by Gasteiger charge is 2.43. The fourth-order valence-corrected chi connectivity index (χ4v) is 1.67. The van der Waals surface area contributed by atoms with Crippen LogP contribution in [0.5, 0.6) is 0 Å². The quantitative estimate of drug-likeness (QED) is 0.831. The summed E-state index contributed by atoms with van der Waals surface area (Å²) in [4.78, 5) is 11.7. The van der Waals surface area contributed by atoms with Crippen LogP contribution in [0.4, 0.5) is 17.6 Å². The summed E-state index contributed by atoms with van der Waals surface area (Å²) >= 11 is 0. The molecule has 1 amide bonds. The van der Waals surface area contributed by atoms with Gasteiger partial charge in [-0.15, -0.1) is 0 Å². The second-order valence-corrected chi connectivity index (χ2v) is 4.58. The third-order valence-electron chi connectivity index (χ3n) is 3.07. The minimum atomic E-state index is -4.85. The second-order valence-electron chi connectivity index (χ2n) is 4.58. The number of hydrogen-bond donors (Lipinski definition) is 2. The lowest BCUT2D eigenvalue weighted by Gasteiger charge is -2.15. The van der Waals surface area contributed by atoms with Crippen molar-refractivity contribution in [2.45, 2.75) is 24.6 Å². The zero-order valence-corrected chi connectivity index (χ0v) is 9.72. The number of aliphatic hydroxyl groups excluding tert-OH is 1. The molecule has 0 spiro atoms. The molecule has 0 aromatic heterocycles. The fourth-order valence-electron chi connectivity index (χ4n) is 1.67. The number of benzene rings is 1. The number of amides is 1. The molecule has 3 nitrogen and oxygen atoms in total. The Morgan fingerprint density at radius 3 is 2.47 bits per heavy atom. The van der Waals surface area contributed by atoms with Gasteiger partial charge in [-0.2, -0.15) is 13.2 Å². The van der Waals surface area contributed by atoms with Crippen molar-refractivity contribution in [2.75, 3.05) is 6.61 Å². The van der Waals surface area contributed by atoms with Gasteiger partial charge in [0, 0.05) is 5.56 Å². The summed E-state index contributed by atoms with van der Waals surface area (Å²) in [5.41, 5.74) is -2.49. The van der Waals surface area contributed by atoms with Crippen molar-refractivity contribution in [3.8, 4) is 0 Å². The lowest BCUT2D eigenvalue weighted by atomic mass is 10.1. The number of carbonyl (C=O) groups is 1. The topological polar surface area (TPSA) is 49.3 Å². The molecular weight excluding hydrogens is 266 g/mol. The lowest BCUT2D eigenvalue weighted by Crippen LogP contribution is -2.39. The molecule has 1 aliphatic carbocycles. The Kier molecular flexibility index (Phi) is 3.25. The largest absolute Gasteiger partial charge is 0.419 e. The molecule has 7 heteroatoms. The Balaban J connectivity index is 2.24. The monoisotopic (exact) mass is 277 g/mol. The first kappa shape index (κ1) is 13.8. The summed E-state index contributed by atoms with van der Waals surface area (Å²) in [6, 6.07) is 2.06. The molecule has 1 aromatic carbocycles. The van der Waals surface area contributed by atoms with E-state index in [2.05, 4.69) is 5.32 Å². The molecule has 0 unspecified atom stereocenters. The number of aliphatic hydroxyl groups is 1. The van der Waals surface area contributed by atoms with Crippen molar-refractivity contribution in [1.29, 1.82) is 0 Å². The average Bonchev–Trinajstić information content (AvgIpc) is 3.08. The predicted molar refractivity (Wildman–Crippen MR) is 57.9 cm³/mol. The molecule has 0 atom stereocenters. The Morgan fingerprint density at radius 2 is 2.00 bits per heavy atom. The molecule has 0 heterocycles. The molecule has 1 saturated carbocycles. The summed E-state index contributed by atoms with van der Waals surface area (Å²) in [7, 11) is 0. The minimum Gasteiger partial charge on any atom is -0.394 e. The van der Waals surface area contributed by atoms with E-state index in [1.807, 2.05) is 0 Å². The first-order valence-electron chi connectivity index (χ1n) is 5.57. The van der Waals surface area contributed by atoms with Gasteiger partial charge in [-0.25, -0.2) is 4.39 Å². The predicted octanol–water partition coefficient (Wildman–Crippen LogP) is 2.10. The van der Waals surface area contributed by atoms with Crippen LogP contribution in [0.25, 0.3) is 0 Å². The van der Waals surface area contributed by atoms with Gasteiger partial charge in [-0.1, -0.05) is 0 Å².